The van der Waals surface area contributed by atoms with Crippen molar-refractivity contribution in [3.63, 3.8) is 0 Å². The van der Waals surface area contributed by atoms with Crippen molar-refractivity contribution in [1.82, 2.24) is 4.90 Å². The summed E-state index contributed by atoms with van der Waals surface area (Å²) in [4.78, 5) is 4.64. The molecule has 0 amide bonds. The first-order chi connectivity index (χ1) is 8.60. The number of aliphatic hydroxyl groups excluding tert-OH is 1. The Morgan fingerprint density at radius 1 is 1.33 bits per heavy atom. The number of aliphatic hydroxyl groups is 1. The summed E-state index contributed by atoms with van der Waals surface area (Å²) in [7, 11) is 2.13. The molecule has 0 bridgehead atoms. The summed E-state index contributed by atoms with van der Waals surface area (Å²) in [5.74, 6) is 0.602. The minimum absolute atomic E-state index is 0.175. The van der Waals surface area contributed by atoms with Crippen LogP contribution in [-0.2, 0) is 0 Å². The third-order valence-corrected chi connectivity index (χ3v) is 3.94. The number of rotatable bonds is 2. The van der Waals surface area contributed by atoms with E-state index in [1.165, 1.54) is 5.69 Å². The van der Waals surface area contributed by atoms with Crippen LogP contribution in [0.25, 0.3) is 0 Å². The SMILES string of the molecule is CC1CN(C)CC(CO)N(c2cccc(Br)c2)C1. The molecule has 0 spiro atoms. The van der Waals surface area contributed by atoms with Gasteiger partial charge in [0.1, 0.15) is 0 Å². The summed E-state index contributed by atoms with van der Waals surface area (Å²) in [6.45, 7) is 5.45. The van der Waals surface area contributed by atoms with Gasteiger partial charge in [-0.2, -0.15) is 0 Å². The molecule has 1 aromatic rings. The molecular formula is C14H21BrN2O. The standard InChI is InChI=1S/C14H21BrN2O/c1-11-7-16(2)9-14(10-18)17(8-11)13-5-3-4-12(15)6-13/h3-6,11,14,18H,7-10H2,1-2H3. The molecule has 1 N–H and O–H groups in total. The fourth-order valence-corrected chi connectivity index (χ4v) is 3.12. The summed E-state index contributed by atoms with van der Waals surface area (Å²) >= 11 is 3.52. The van der Waals surface area contributed by atoms with Crippen molar-refractivity contribution in [2.75, 3.05) is 38.2 Å². The molecule has 3 nitrogen and oxygen atoms in total. The maximum Gasteiger partial charge on any atom is 0.0647 e. The first-order valence-electron chi connectivity index (χ1n) is 6.41. The van der Waals surface area contributed by atoms with Gasteiger partial charge in [0.25, 0.3) is 0 Å². The van der Waals surface area contributed by atoms with Gasteiger partial charge in [0.15, 0.2) is 0 Å². The summed E-state index contributed by atoms with van der Waals surface area (Å²) in [5.41, 5.74) is 1.19. The lowest BCUT2D eigenvalue weighted by atomic mass is 10.1. The Kier molecular flexibility index (Phi) is 4.65. The van der Waals surface area contributed by atoms with Crippen LogP contribution in [-0.4, -0.2) is 49.3 Å². The summed E-state index contributed by atoms with van der Waals surface area (Å²) in [6.07, 6.45) is 0. The highest BCUT2D eigenvalue weighted by atomic mass is 79.9. The van der Waals surface area contributed by atoms with Crippen LogP contribution in [0.1, 0.15) is 6.92 Å². The molecule has 1 aliphatic rings. The van der Waals surface area contributed by atoms with Crippen molar-refractivity contribution in [2.45, 2.75) is 13.0 Å². The number of hydrogen-bond acceptors (Lipinski definition) is 3. The molecular weight excluding hydrogens is 292 g/mol. The molecule has 0 aliphatic carbocycles. The molecule has 1 heterocycles. The van der Waals surface area contributed by atoms with Crippen LogP contribution in [0.3, 0.4) is 0 Å². The van der Waals surface area contributed by atoms with Gasteiger partial charge in [-0.05, 0) is 31.2 Å². The molecule has 2 unspecified atom stereocenters. The minimum Gasteiger partial charge on any atom is -0.394 e. The third kappa shape index (κ3) is 3.25. The predicted octanol–water partition coefficient (Wildman–Crippen LogP) is 2.20. The molecule has 0 saturated carbocycles. The summed E-state index contributed by atoms with van der Waals surface area (Å²) in [6, 6.07) is 8.50. The largest absolute Gasteiger partial charge is 0.394 e. The number of hydrogen-bond donors (Lipinski definition) is 1. The molecule has 0 aromatic heterocycles. The van der Waals surface area contributed by atoms with Crippen LogP contribution < -0.4 is 4.90 Å². The highest BCUT2D eigenvalue weighted by Gasteiger charge is 2.26. The van der Waals surface area contributed by atoms with Gasteiger partial charge in [0.2, 0.25) is 0 Å². The molecule has 2 rings (SSSR count). The molecule has 1 fully saturated rings. The molecule has 1 aromatic carbocycles. The molecule has 100 valence electrons. The fraction of sp³-hybridized carbons (Fsp3) is 0.571. The van der Waals surface area contributed by atoms with Crippen molar-refractivity contribution in [3.8, 4) is 0 Å². The Morgan fingerprint density at radius 2 is 2.11 bits per heavy atom. The Bertz CT molecular complexity index is 399. The zero-order valence-electron chi connectivity index (χ0n) is 11.0. The van der Waals surface area contributed by atoms with Gasteiger partial charge in [-0.1, -0.05) is 28.9 Å². The van der Waals surface area contributed by atoms with Crippen molar-refractivity contribution in [1.29, 1.82) is 0 Å². The van der Waals surface area contributed by atoms with Gasteiger partial charge in [0.05, 0.1) is 12.6 Å². The normalized spacial score (nSPS) is 26.1. The van der Waals surface area contributed by atoms with E-state index in [4.69, 9.17) is 0 Å². The van der Waals surface area contributed by atoms with Crippen LogP contribution >= 0.6 is 15.9 Å². The van der Waals surface area contributed by atoms with Crippen molar-refractivity contribution in [2.24, 2.45) is 5.92 Å². The van der Waals surface area contributed by atoms with E-state index in [0.717, 1.165) is 24.1 Å². The van der Waals surface area contributed by atoms with Crippen molar-refractivity contribution in [3.05, 3.63) is 28.7 Å². The third-order valence-electron chi connectivity index (χ3n) is 3.45. The maximum atomic E-state index is 9.64. The minimum atomic E-state index is 0.175. The van der Waals surface area contributed by atoms with Crippen LogP contribution in [0, 0.1) is 5.92 Å². The predicted molar refractivity (Wildman–Crippen MR) is 79.0 cm³/mol. The lowest BCUT2D eigenvalue weighted by Crippen LogP contribution is -2.43. The molecule has 4 heteroatoms. The number of nitrogens with zero attached hydrogens (tertiary/aromatic N) is 2. The number of benzene rings is 1. The van der Waals surface area contributed by atoms with Gasteiger partial charge >= 0.3 is 0 Å². The van der Waals surface area contributed by atoms with E-state index in [0.29, 0.717) is 5.92 Å². The van der Waals surface area contributed by atoms with Crippen LogP contribution in [0.4, 0.5) is 5.69 Å². The average Bonchev–Trinajstić information content (AvgIpc) is 2.47. The topological polar surface area (TPSA) is 26.7 Å². The first-order valence-corrected chi connectivity index (χ1v) is 7.21. The van der Waals surface area contributed by atoms with E-state index >= 15 is 0 Å². The number of halogens is 1. The Balaban J connectivity index is 2.27. The van der Waals surface area contributed by atoms with E-state index in [9.17, 15) is 5.11 Å². The molecule has 1 saturated heterocycles. The zero-order chi connectivity index (χ0) is 13.1. The Morgan fingerprint density at radius 3 is 2.78 bits per heavy atom. The Hall–Kier alpha value is -0.580. The van der Waals surface area contributed by atoms with Gasteiger partial charge in [-0.3, -0.25) is 0 Å². The molecule has 0 radical (unpaired) electrons. The van der Waals surface area contributed by atoms with E-state index in [1.807, 2.05) is 12.1 Å². The number of likely N-dealkylation sites (N-methyl/N-ethyl adjacent to an activating group) is 1. The fourth-order valence-electron chi connectivity index (χ4n) is 2.73. The molecule has 18 heavy (non-hydrogen) atoms. The van der Waals surface area contributed by atoms with E-state index in [-0.39, 0.29) is 12.6 Å². The second-order valence-electron chi connectivity index (χ2n) is 5.30. The van der Waals surface area contributed by atoms with Gasteiger partial charge in [-0.15, -0.1) is 0 Å². The van der Waals surface area contributed by atoms with Crippen molar-refractivity contribution >= 4 is 21.6 Å². The van der Waals surface area contributed by atoms with Gasteiger partial charge < -0.3 is 14.9 Å². The zero-order valence-corrected chi connectivity index (χ0v) is 12.6. The monoisotopic (exact) mass is 312 g/mol. The molecule has 2 atom stereocenters. The second-order valence-corrected chi connectivity index (χ2v) is 6.21. The molecule has 1 aliphatic heterocycles. The highest BCUT2D eigenvalue weighted by molar-refractivity contribution is 9.10. The highest BCUT2D eigenvalue weighted by Crippen LogP contribution is 2.25. The van der Waals surface area contributed by atoms with E-state index in [1.54, 1.807) is 0 Å². The smallest absolute Gasteiger partial charge is 0.0647 e. The van der Waals surface area contributed by atoms with Crippen LogP contribution in [0.5, 0.6) is 0 Å². The van der Waals surface area contributed by atoms with Crippen LogP contribution in [0.15, 0.2) is 28.7 Å². The van der Waals surface area contributed by atoms with Crippen molar-refractivity contribution < 1.29 is 5.11 Å². The van der Waals surface area contributed by atoms with Gasteiger partial charge in [-0.25, -0.2) is 0 Å². The van der Waals surface area contributed by atoms with Gasteiger partial charge in [0, 0.05) is 29.8 Å². The lowest BCUT2D eigenvalue weighted by Gasteiger charge is -2.32. The quantitative estimate of drug-likeness (QED) is 0.907. The average molecular weight is 313 g/mol. The first kappa shape index (κ1) is 13.8. The summed E-state index contributed by atoms with van der Waals surface area (Å²) < 4.78 is 1.09. The second kappa shape index (κ2) is 6.04. The Labute approximate surface area is 118 Å². The number of anilines is 1. The summed E-state index contributed by atoms with van der Waals surface area (Å²) in [5, 5.41) is 9.64. The lowest BCUT2D eigenvalue weighted by molar-refractivity contribution is 0.226. The maximum absolute atomic E-state index is 9.64. The van der Waals surface area contributed by atoms with E-state index < -0.39 is 0 Å². The van der Waals surface area contributed by atoms with Crippen LogP contribution in [0.2, 0.25) is 0 Å². The van der Waals surface area contributed by atoms with E-state index in [2.05, 4.69) is 51.8 Å².